The first-order valence-electron chi connectivity index (χ1n) is 19.3. The average molecular weight is 724 g/mol. The SMILES string of the molecule is CC1(C)c2ccccc2N(c2ccc(-c3nnc(-c4ccccc4)nc3-c3ccc(N4c5ccccc5C(C)(C)c5ccccc54)cc3)cc2)c2ccccc21. The zero-order valence-electron chi connectivity index (χ0n) is 32.0. The standard InChI is InChI=1S/C51H41N5/c1-50(2)39-18-8-12-22-43(39)55(44-23-13-9-19-40(44)50)37-30-26-34(27-31-37)47-48(53-54-49(52-47)36-16-6-5-7-17-36)35-28-32-38(33-29-35)56-45-24-14-10-20-41(45)51(3,4)42-21-11-15-25-46(42)56/h5-33H,1-4H3. The first kappa shape index (κ1) is 33.7. The van der Waals surface area contributed by atoms with Crippen LogP contribution in [-0.2, 0) is 10.8 Å². The van der Waals surface area contributed by atoms with Crippen LogP contribution >= 0.6 is 0 Å². The molecule has 0 unspecified atom stereocenters. The molecule has 0 saturated heterocycles. The van der Waals surface area contributed by atoms with E-state index in [0.717, 1.165) is 39.5 Å². The molecule has 10 rings (SSSR count). The molecule has 2 aliphatic heterocycles. The minimum absolute atomic E-state index is 0.118. The number of anilines is 6. The number of hydrogen-bond acceptors (Lipinski definition) is 5. The Morgan fingerprint density at radius 1 is 0.339 bits per heavy atom. The molecule has 56 heavy (non-hydrogen) atoms. The van der Waals surface area contributed by atoms with Crippen LogP contribution < -0.4 is 9.80 Å². The molecule has 2 aliphatic rings. The lowest BCUT2D eigenvalue weighted by Gasteiger charge is -2.42. The fourth-order valence-corrected chi connectivity index (χ4v) is 8.86. The molecule has 7 aromatic carbocycles. The molecule has 0 fully saturated rings. The zero-order chi connectivity index (χ0) is 38.0. The maximum Gasteiger partial charge on any atom is 0.182 e. The van der Waals surface area contributed by atoms with Crippen LogP contribution in [0.25, 0.3) is 33.9 Å². The summed E-state index contributed by atoms with van der Waals surface area (Å²) in [7, 11) is 0. The molecular weight excluding hydrogens is 683 g/mol. The highest BCUT2D eigenvalue weighted by Crippen LogP contribution is 2.53. The minimum atomic E-state index is -0.119. The second-order valence-corrected chi connectivity index (χ2v) is 15.8. The Morgan fingerprint density at radius 2 is 0.696 bits per heavy atom. The largest absolute Gasteiger partial charge is 0.310 e. The van der Waals surface area contributed by atoms with Gasteiger partial charge in [-0.15, -0.1) is 10.2 Å². The van der Waals surface area contributed by atoms with Crippen LogP contribution in [0.15, 0.2) is 176 Å². The summed E-state index contributed by atoms with van der Waals surface area (Å²) < 4.78 is 0. The summed E-state index contributed by atoms with van der Waals surface area (Å²) in [5.74, 6) is 0.593. The maximum absolute atomic E-state index is 5.21. The van der Waals surface area contributed by atoms with E-state index in [4.69, 9.17) is 10.1 Å². The van der Waals surface area contributed by atoms with E-state index in [2.05, 4.69) is 188 Å². The van der Waals surface area contributed by atoms with Gasteiger partial charge in [-0.25, -0.2) is 4.98 Å². The highest BCUT2D eigenvalue weighted by molar-refractivity contribution is 5.89. The van der Waals surface area contributed by atoms with Gasteiger partial charge in [0.25, 0.3) is 0 Å². The van der Waals surface area contributed by atoms with Crippen LogP contribution in [0.2, 0.25) is 0 Å². The Morgan fingerprint density at radius 3 is 1.11 bits per heavy atom. The van der Waals surface area contributed by atoms with E-state index in [0.29, 0.717) is 5.82 Å². The van der Waals surface area contributed by atoms with Crippen molar-refractivity contribution in [3.05, 3.63) is 198 Å². The molecule has 0 atom stereocenters. The summed E-state index contributed by atoms with van der Waals surface area (Å²) in [6.45, 7) is 9.26. The maximum atomic E-state index is 5.21. The third kappa shape index (κ3) is 5.26. The van der Waals surface area contributed by atoms with Crippen molar-refractivity contribution in [3.63, 3.8) is 0 Å². The Hall–Kier alpha value is -6.85. The van der Waals surface area contributed by atoms with Crippen LogP contribution in [-0.4, -0.2) is 15.2 Å². The smallest absolute Gasteiger partial charge is 0.182 e. The number of nitrogens with zero attached hydrogens (tertiary/aromatic N) is 5. The van der Waals surface area contributed by atoms with E-state index in [1.54, 1.807) is 0 Å². The lowest BCUT2D eigenvalue weighted by atomic mass is 9.73. The molecule has 0 saturated carbocycles. The number of hydrogen-bond donors (Lipinski definition) is 0. The number of para-hydroxylation sites is 4. The van der Waals surface area contributed by atoms with Gasteiger partial charge in [-0.1, -0.05) is 155 Å². The van der Waals surface area contributed by atoms with Gasteiger partial charge in [0, 0.05) is 38.9 Å². The molecule has 3 heterocycles. The van der Waals surface area contributed by atoms with Crippen molar-refractivity contribution < 1.29 is 0 Å². The van der Waals surface area contributed by atoms with Crippen molar-refractivity contribution in [2.24, 2.45) is 0 Å². The lowest BCUT2D eigenvalue weighted by molar-refractivity contribution is 0.632. The Balaban J connectivity index is 1.07. The van der Waals surface area contributed by atoms with Crippen molar-refractivity contribution in [2.75, 3.05) is 9.80 Å². The van der Waals surface area contributed by atoms with Gasteiger partial charge in [0.05, 0.1) is 22.7 Å². The molecule has 0 N–H and O–H groups in total. The van der Waals surface area contributed by atoms with Gasteiger partial charge >= 0.3 is 0 Å². The number of benzene rings is 7. The molecule has 8 aromatic rings. The van der Waals surface area contributed by atoms with E-state index in [1.807, 2.05) is 30.3 Å². The first-order valence-corrected chi connectivity index (χ1v) is 19.3. The van der Waals surface area contributed by atoms with E-state index in [1.165, 1.54) is 45.0 Å². The summed E-state index contributed by atoms with van der Waals surface area (Å²) >= 11 is 0. The van der Waals surface area contributed by atoms with Gasteiger partial charge in [-0.05, 0) is 70.8 Å². The van der Waals surface area contributed by atoms with Crippen molar-refractivity contribution >= 4 is 34.1 Å². The molecule has 0 bridgehead atoms. The third-order valence-corrected chi connectivity index (χ3v) is 11.8. The van der Waals surface area contributed by atoms with Gasteiger partial charge in [0.1, 0.15) is 11.4 Å². The molecule has 0 aliphatic carbocycles. The van der Waals surface area contributed by atoms with Crippen molar-refractivity contribution in [1.82, 2.24) is 15.2 Å². The number of rotatable bonds is 5. The Labute approximate surface area is 328 Å². The molecule has 1 aromatic heterocycles. The summed E-state index contributed by atoms with van der Waals surface area (Å²) in [6.07, 6.45) is 0. The van der Waals surface area contributed by atoms with Crippen LogP contribution in [0.5, 0.6) is 0 Å². The molecular formula is C51H41N5. The fraction of sp³-hybridized carbons (Fsp3) is 0.118. The zero-order valence-corrected chi connectivity index (χ0v) is 32.0. The normalized spacial score (nSPS) is 14.6. The van der Waals surface area contributed by atoms with Crippen LogP contribution in [0.4, 0.5) is 34.1 Å². The van der Waals surface area contributed by atoms with Crippen molar-refractivity contribution in [3.8, 4) is 33.9 Å². The van der Waals surface area contributed by atoms with Crippen LogP contribution in [0.1, 0.15) is 49.9 Å². The predicted molar refractivity (Wildman–Crippen MR) is 230 cm³/mol. The van der Waals surface area contributed by atoms with E-state index in [9.17, 15) is 0 Å². The topological polar surface area (TPSA) is 45.2 Å². The summed E-state index contributed by atoms with van der Waals surface area (Å²) in [5, 5.41) is 9.56. The van der Waals surface area contributed by atoms with E-state index in [-0.39, 0.29) is 10.8 Å². The first-order chi connectivity index (χ1) is 27.3. The average Bonchev–Trinajstić information content (AvgIpc) is 3.25. The Kier molecular flexibility index (Phi) is 7.75. The van der Waals surface area contributed by atoms with Crippen LogP contribution in [0.3, 0.4) is 0 Å². The fourth-order valence-electron chi connectivity index (χ4n) is 8.86. The number of aromatic nitrogens is 3. The monoisotopic (exact) mass is 723 g/mol. The number of fused-ring (bicyclic) bond motifs is 4. The molecule has 0 amide bonds. The molecule has 5 nitrogen and oxygen atoms in total. The quantitative estimate of drug-likeness (QED) is 0.177. The van der Waals surface area contributed by atoms with Crippen molar-refractivity contribution in [1.29, 1.82) is 0 Å². The van der Waals surface area contributed by atoms with Crippen LogP contribution in [0, 0.1) is 0 Å². The second kappa shape index (κ2) is 12.9. The van der Waals surface area contributed by atoms with E-state index < -0.39 is 0 Å². The lowest BCUT2D eigenvalue weighted by Crippen LogP contribution is -2.30. The molecule has 270 valence electrons. The predicted octanol–water partition coefficient (Wildman–Crippen LogP) is 13.1. The minimum Gasteiger partial charge on any atom is -0.310 e. The van der Waals surface area contributed by atoms with Gasteiger partial charge in [-0.2, -0.15) is 0 Å². The molecule has 0 spiro atoms. The van der Waals surface area contributed by atoms with Gasteiger partial charge < -0.3 is 9.80 Å². The second-order valence-electron chi connectivity index (χ2n) is 15.8. The van der Waals surface area contributed by atoms with Gasteiger partial charge in [-0.3, -0.25) is 0 Å². The highest BCUT2D eigenvalue weighted by Gasteiger charge is 2.38. The van der Waals surface area contributed by atoms with Gasteiger partial charge in [0.15, 0.2) is 5.82 Å². The summed E-state index contributed by atoms with van der Waals surface area (Å²) in [4.78, 5) is 9.97. The summed E-state index contributed by atoms with van der Waals surface area (Å²) in [6, 6.07) is 62.5. The van der Waals surface area contributed by atoms with Crippen molar-refractivity contribution in [2.45, 2.75) is 38.5 Å². The third-order valence-electron chi connectivity index (χ3n) is 11.8. The highest BCUT2D eigenvalue weighted by atomic mass is 15.2. The van der Waals surface area contributed by atoms with E-state index >= 15 is 0 Å². The molecule has 0 radical (unpaired) electrons. The molecule has 5 heteroatoms. The Bertz CT molecular complexity index is 2650. The van der Waals surface area contributed by atoms with Gasteiger partial charge in [0.2, 0.25) is 0 Å². The summed E-state index contributed by atoms with van der Waals surface area (Å²) in [5.41, 5.74) is 16.3.